The number of rotatable bonds is 5. The van der Waals surface area contributed by atoms with Gasteiger partial charge in [0.2, 0.25) is 5.91 Å². The average Bonchev–Trinajstić information content (AvgIpc) is 2.53. The van der Waals surface area contributed by atoms with E-state index in [1.807, 2.05) is 0 Å². The molecule has 1 heterocycles. The fraction of sp³-hybridized carbons (Fsp3) is 0.312. The van der Waals surface area contributed by atoms with Crippen LogP contribution in [0.1, 0.15) is 24.8 Å². The van der Waals surface area contributed by atoms with Crippen molar-refractivity contribution < 1.29 is 14.3 Å². The third-order valence-corrected chi connectivity index (χ3v) is 4.51. The number of hydrogen-bond acceptors (Lipinski definition) is 5. The average molecular weight is 351 g/mol. The predicted octanol–water partition coefficient (Wildman–Crippen LogP) is 2.97. The lowest BCUT2D eigenvalue weighted by atomic mass is 9.87. The molecule has 0 saturated heterocycles. The molecule has 5 nitrogen and oxygen atoms in total. The lowest BCUT2D eigenvalue weighted by Gasteiger charge is -2.25. The first kappa shape index (κ1) is 17.4. The molecule has 1 amide bonds. The molecule has 120 valence electrons. The summed E-state index contributed by atoms with van der Waals surface area (Å²) in [6.45, 7) is 2.02. The van der Waals surface area contributed by atoms with Crippen molar-refractivity contribution >= 4 is 35.2 Å². The van der Waals surface area contributed by atoms with Gasteiger partial charge in [-0.05, 0) is 24.6 Å². The van der Waals surface area contributed by atoms with Crippen LogP contribution in [0.25, 0.3) is 0 Å². The van der Waals surface area contributed by atoms with Crippen LogP contribution >= 0.6 is 23.4 Å². The van der Waals surface area contributed by atoms with Gasteiger partial charge in [-0.3, -0.25) is 9.59 Å². The molecule has 0 unspecified atom stereocenters. The summed E-state index contributed by atoms with van der Waals surface area (Å²) in [6.07, 6.45) is 0.188. The monoisotopic (exact) mass is 350 g/mol. The van der Waals surface area contributed by atoms with Crippen molar-refractivity contribution in [1.29, 1.82) is 5.26 Å². The molecule has 0 radical (unpaired) electrons. The molecule has 1 aliphatic heterocycles. The molecule has 1 aromatic carbocycles. The Morgan fingerprint density at radius 3 is 2.78 bits per heavy atom. The lowest BCUT2D eigenvalue weighted by Crippen LogP contribution is -2.31. The summed E-state index contributed by atoms with van der Waals surface area (Å²) in [7, 11) is 0. The highest BCUT2D eigenvalue weighted by Gasteiger charge is 2.29. The topological polar surface area (TPSA) is 79.2 Å². The Bertz CT molecular complexity index is 680. The smallest absolute Gasteiger partial charge is 0.316 e. The largest absolute Gasteiger partial charge is 0.465 e. The first-order valence-corrected chi connectivity index (χ1v) is 8.39. The van der Waals surface area contributed by atoms with Gasteiger partial charge in [-0.1, -0.05) is 35.5 Å². The minimum atomic E-state index is -0.384. The number of carbonyl (C=O) groups excluding carboxylic acids is 2. The maximum atomic E-state index is 11.9. The normalized spacial score (nSPS) is 17.4. The number of hydrogen-bond donors (Lipinski definition) is 1. The van der Waals surface area contributed by atoms with Crippen molar-refractivity contribution in [3.63, 3.8) is 0 Å². The number of allylic oxidation sites excluding steroid dienone is 1. The highest BCUT2D eigenvalue weighted by Crippen LogP contribution is 2.36. The van der Waals surface area contributed by atoms with E-state index in [0.29, 0.717) is 22.2 Å². The molecule has 0 saturated carbocycles. The first-order chi connectivity index (χ1) is 11.0. The van der Waals surface area contributed by atoms with Crippen molar-refractivity contribution in [3.05, 3.63) is 45.5 Å². The fourth-order valence-corrected chi connectivity index (χ4v) is 3.25. The Hall–Kier alpha value is -1.97. The summed E-state index contributed by atoms with van der Waals surface area (Å²) in [6, 6.07) is 9.21. The summed E-state index contributed by atoms with van der Waals surface area (Å²) >= 11 is 6.99. The van der Waals surface area contributed by atoms with Crippen LogP contribution in [0.2, 0.25) is 5.02 Å². The van der Waals surface area contributed by atoms with Crippen LogP contribution in [0.5, 0.6) is 0 Å². The molecule has 1 aromatic rings. The van der Waals surface area contributed by atoms with Gasteiger partial charge in [-0.2, -0.15) is 5.26 Å². The maximum Gasteiger partial charge on any atom is 0.316 e. The molecule has 0 aromatic heterocycles. The highest BCUT2D eigenvalue weighted by molar-refractivity contribution is 8.03. The summed E-state index contributed by atoms with van der Waals surface area (Å²) in [5.74, 6) is -0.863. The Morgan fingerprint density at radius 2 is 2.17 bits per heavy atom. The van der Waals surface area contributed by atoms with Crippen LogP contribution < -0.4 is 5.32 Å². The van der Waals surface area contributed by atoms with E-state index >= 15 is 0 Å². The zero-order valence-corrected chi connectivity index (χ0v) is 14.0. The number of thioether (sulfide) groups is 1. The second-order valence-electron chi connectivity index (χ2n) is 4.80. The quantitative estimate of drug-likeness (QED) is 0.826. The number of halogens is 1. The number of nitrogens with zero attached hydrogens (tertiary/aromatic N) is 1. The van der Waals surface area contributed by atoms with E-state index in [1.165, 1.54) is 0 Å². The zero-order valence-electron chi connectivity index (χ0n) is 12.5. The van der Waals surface area contributed by atoms with Gasteiger partial charge in [0.25, 0.3) is 0 Å². The standard InChI is InChI=1S/C16H15ClN2O3S/c1-2-22-15(21)9-23-16-13(8-18)12(7-14(20)19-16)10-3-5-11(17)6-4-10/h3-6,12H,2,7,9H2,1H3,(H,19,20)/t12-/m1/s1. The third-order valence-electron chi connectivity index (χ3n) is 3.27. The molecule has 2 rings (SSSR count). The Labute approximate surface area is 143 Å². The number of carbonyl (C=O) groups is 2. The van der Waals surface area contributed by atoms with Crippen molar-refractivity contribution in [2.75, 3.05) is 12.4 Å². The van der Waals surface area contributed by atoms with Crippen molar-refractivity contribution in [2.45, 2.75) is 19.3 Å². The van der Waals surface area contributed by atoms with E-state index in [2.05, 4.69) is 11.4 Å². The molecule has 0 bridgehead atoms. The molecule has 7 heteroatoms. The van der Waals surface area contributed by atoms with Gasteiger partial charge in [0.1, 0.15) is 0 Å². The molecule has 0 aliphatic carbocycles. The molecule has 1 N–H and O–H groups in total. The minimum absolute atomic E-state index is 0.0436. The van der Waals surface area contributed by atoms with Crippen LogP contribution in [0.15, 0.2) is 34.9 Å². The number of benzene rings is 1. The van der Waals surface area contributed by atoms with E-state index in [-0.39, 0.29) is 30.0 Å². The van der Waals surface area contributed by atoms with E-state index < -0.39 is 0 Å². The number of amides is 1. The van der Waals surface area contributed by atoms with Crippen molar-refractivity contribution in [2.24, 2.45) is 0 Å². The molecule has 1 aliphatic rings. The predicted molar refractivity (Wildman–Crippen MR) is 88.7 cm³/mol. The molecular weight excluding hydrogens is 336 g/mol. The zero-order chi connectivity index (χ0) is 16.8. The number of esters is 1. The third kappa shape index (κ3) is 4.50. The van der Waals surface area contributed by atoms with Gasteiger partial charge in [0, 0.05) is 17.4 Å². The van der Waals surface area contributed by atoms with Crippen LogP contribution in [-0.4, -0.2) is 24.2 Å². The molecular formula is C16H15ClN2O3S. The van der Waals surface area contributed by atoms with Crippen LogP contribution in [0, 0.1) is 11.3 Å². The van der Waals surface area contributed by atoms with Crippen LogP contribution in [0.3, 0.4) is 0 Å². The SMILES string of the molecule is CCOC(=O)CSC1=C(C#N)[C@@H](c2ccc(Cl)cc2)CC(=O)N1. The molecule has 0 spiro atoms. The molecule has 23 heavy (non-hydrogen) atoms. The maximum absolute atomic E-state index is 11.9. The summed E-state index contributed by atoms with van der Waals surface area (Å²) in [5.41, 5.74) is 1.29. The van der Waals surface area contributed by atoms with Gasteiger partial charge >= 0.3 is 5.97 Å². The van der Waals surface area contributed by atoms with E-state index in [9.17, 15) is 14.9 Å². The van der Waals surface area contributed by atoms with Crippen molar-refractivity contribution in [1.82, 2.24) is 5.32 Å². The number of ether oxygens (including phenoxy) is 1. The lowest BCUT2D eigenvalue weighted by molar-refractivity contribution is -0.139. The van der Waals surface area contributed by atoms with E-state index in [1.54, 1.807) is 31.2 Å². The molecule has 0 fully saturated rings. The molecule has 1 atom stereocenters. The Morgan fingerprint density at radius 1 is 1.48 bits per heavy atom. The van der Waals surface area contributed by atoms with Crippen molar-refractivity contribution in [3.8, 4) is 6.07 Å². The second-order valence-corrected chi connectivity index (χ2v) is 6.23. The summed E-state index contributed by atoms with van der Waals surface area (Å²) in [4.78, 5) is 23.4. The number of nitrogens with one attached hydrogen (secondary N) is 1. The van der Waals surface area contributed by atoms with Gasteiger partial charge in [-0.15, -0.1) is 0 Å². The minimum Gasteiger partial charge on any atom is -0.465 e. The van der Waals surface area contributed by atoms with Gasteiger partial charge in [-0.25, -0.2) is 0 Å². The van der Waals surface area contributed by atoms with Gasteiger partial charge in [0.15, 0.2) is 0 Å². The Balaban J connectivity index is 2.26. The van der Waals surface area contributed by atoms with Gasteiger partial charge in [0.05, 0.1) is 29.0 Å². The van der Waals surface area contributed by atoms with E-state index in [4.69, 9.17) is 16.3 Å². The Kier molecular flexibility index (Phi) is 6.08. The summed E-state index contributed by atoms with van der Waals surface area (Å²) < 4.78 is 4.86. The second kappa shape index (κ2) is 8.04. The first-order valence-electron chi connectivity index (χ1n) is 7.03. The van der Waals surface area contributed by atoms with Crippen LogP contribution in [0.4, 0.5) is 0 Å². The summed E-state index contributed by atoms with van der Waals surface area (Å²) in [5, 5.41) is 13.2. The number of nitriles is 1. The van der Waals surface area contributed by atoms with Gasteiger partial charge < -0.3 is 10.1 Å². The highest BCUT2D eigenvalue weighted by atomic mass is 35.5. The van der Waals surface area contributed by atoms with E-state index in [0.717, 1.165) is 17.3 Å². The van der Waals surface area contributed by atoms with Crippen LogP contribution in [-0.2, 0) is 14.3 Å². The fourth-order valence-electron chi connectivity index (χ4n) is 2.25.